The van der Waals surface area contributed by atoms with Crippen molar-refractivity contribution >= 4 is 5.97 Å². The quantitative estimate of drug-likeness (QED) is 0.602. The molecular weight excluding hydrogens is 378 g/mol. The lowest BCUT2D eigenvalue weighted by Gasteiger charge is -2.36. The van der Waals surface area contributed by atoms with Crippen molar-refractivity contribution < 1.29 is 14.4 Å². The fourth-order valence-electron chi connectivity index (χ4n) is 3.83. The standard InChI is InChI=1S/C24H27N3O3/c1-16-4-3-5-20(12-16)17(2)6-11-22-25-23(26-30-22)19-9-7-18(8-10-19)13-27-14-21(15-27)24(28)29/h3-5,7-10,12,17,21H,6,11,13-15H2,1-2H3,(H,28,29). The summed E-state index contributed by atoms with van der Waals surface area (Å²) in [6.07, 6.45) is 1.71. The second kappa shape index (κ2) is 8.79. The molecule has 0 amide bonds. The lowest BCUT2D eigenvalue weighted by atomic mass is 9.95. The fourth-order valence-corrected chi connectivity index (χ4v) is 3.83. The SMILES string of the molecule is Cc1cccc(C(C)CCc2nc(-c3ccc(CN4CC(C(=O)O)C4)cc3)no2)c1. The molecule has 2 heterocycles. The molecule has 2 aromatic carbocycles. The first-order valence-electron chi connectivity index (χ1n) is 10.4. The number of rotatable bonds is 8. The van der Waals surface area contributed by atoms with Gasteiger partial charge in [-0.1, -0.05) is 66.2 Å². The van der Waals surface area contributed by atoms with E-state index in [-0.39, 0.29) is 5.92 Å². The maximum Gasteiger partial charge on any atom is 0.309 e. The summed E-state index contributed by atoms with van der Waals surface area (Å²) in [7, 11) is 0. The number of carboxylic acid groups (broad SMARTS) is 1. The summed E-state index contributed by atoms with van der Waals surface area (Å²) in [5, 5.41) is 13.1. The van der Waals surface area contributed by atoms with Gasteiger partial charge in [-0.15, -0.1) is 0 Å². The number of hydrogen-bond acceptors (Lipinski definition) is 5. The third-order valence-electron chi connectivity index (χ3n) is 5.80. The van der Waals surface area contributed by atoms with Crippen molar-refractivity contribution in [2.75, 3.05) is 13.1 Å². The lowest BCUT2D eigenvalue weighted by Crippen LogP contribution is -2.49. The number of carbonyl (C=O) groups is 1. The highest BCUT2D eigenvalue weighted by molar-refractivity contribution is 5.71. The van der Waals surface area contributed by atoms with Gasteiger partial charge in [-0.25, -0.2) is 0 Å². The zero-order valence-electron chi connectivity index (χ0n) is 17.4. The molecule has 1 saturated heterocycles. The lowest BCUT2D eigenvalue weighted by molar-refractivity contribution is -0.147. The van der Waals surface area contributed by atoms with E-state index < -0.39 is 5.97 Å². The van der Waals surface area contributed by atoms with Crippen molar-refractivity contribution in [1.82, 2.24) is 15.0 Å². The Kier molecular flexibility index (Phi) is 5.95. The minimum Gasteiger partial charge on any atom is -0.481 e. The Morgan fingerprint density at radius 3 is 2.70 bits per heavy atom. The number of likely N-dealkylation sites (tertiary alicyclic amines) is 1. The van der Waals surface area contributed by atoms with Crippen molar-refractivity contribution in [3.63, 3.8) is 0 Å². The molecule has 3 aromatic rings. The first-order chi connectivity index (χ1) is 14.5. The summed E-state index contributed by atoms with van der Waals surface area (Å²) in [6.45, 7) is 6.33. The van der Waals surface area contributed by atoms with Gasteiger partial charge in [-0.2, -0.15) is 4.98 Å². The summed E-state index contributed by atoms with van der Waals surface area (Å²) in [5.41, 5.74) is 4.69. The van der Waals surface area contributed by atoms with Crippen LogP contribution in [0.2, 0.25) is 0 Å². The molecule has 0 bridgehead atoms. The molecule has 156 valence electrons. The molecule has 1 fully saturated rings. The van der Waals surface area contributed by atoms with Crippen LogP contribution in [0.1, 0.15) is 41.8 Å². The first-order valence-corrected chi connectivity index (χ1v) is 10.4. The third kappa shape index (κ3) is 4.76. The minimum atomic E-state index is -0.706. The van der Waals surface area contributed by atoms with Crippen molar-refractivity contribution in [1.29, 1.82) is 0 Å². The van der Waals surface area contributed by atoms with E-state index in [9.17, 15) is 4.79 Å². The smallest absolute Gasteiger partial charge is 0.309 e. The summed E-state index contributed by atoms with van der Waals surface area (Å²) < 4.78 is 5.46. The molecule has 30 heavy (non-hydrogen) atoms. The highest BCUT2D eigenvalue weighted by Crippen LogP contribution is 2.24. The van der Waals surface area contributed by atoms with Gasteiger partial charge in [0.25, 0.3) is 0 Å². The van der Waals surface area contributed by atoms with Crippen molar-refractivity contribution in [2.24, 2.45) is 5.92 Å². The van der Waals surface area contributed by atoms with Crippen LogP contribution < -0.4 is 0 Å². The summed E-state index contributed by atoms with van der Waals surface area (Å²) in [5.74, 6) is 0.767. The predicted octanol–water partition coefficient (Wildman–Crippen LogP) is 4.30. The molecule has 0 saturated carbocycles. The molecule has 1 atom stereocenters. The van der Waals surface area contributed by atoms with Crippen LogP contribution in [0.3, 0.4) is 0 Å². The Balaban J connectivity index is 1.31. The van der Waals surface area contributed by atoms with E-state index in [2.05, 4.69) is 53.2 Å². The molecule has 1 unspecified atom stereocenters. The molecule has 1 aromatic heterocycles. The van der Waals surface area contributed by atoms with E-state index >= 15 is 0 Å². The van der Waals surface area contributed by atoms with Gasteiger partial charge in [0, 0.05) is 31.6 Å². The number of hydrogen-bond donors (Lipinski definition) is 1. The van der Waals surface area contributed by atoms with Crippen molar-refractivity contribution in [3.05, 3.63) is 71.1 Å². The van der Waals surface area contributed by atoms with E-state index in [1.807, 2.05) is 24.3 Å². The zero-order chi connectivity index (χ0) is 21.1. The predicted molar refractivity (Wildman–Crippen MR) is 114 cm³/mol. The van der Waals surface area contributed by atoms with Crippen LogP contribution in [-0.2, 0) is 17.8 Å². The van der Waals surface area contributed by atoms with Gasteiger partial charge in [0.1, 0.15) is 0 Å². The van der Waals surface area contributed by atoms with Gasteiger partial charge in [0.05, 0.1) is 5.92 Å². The maximum atomic E-state index is 10.9. The number of aromatic nitrogens is 2. The second-order valence-corrected chi connectivity index (χ2v) is 8.29. The van der Waals surface area contributed by atoms with Crippen LogP contribution in [0.25, 0.3) is 11.4 Å². The van der Waals surface area contributed by atoms with Crippen LogP contribution >= 0.6 is 0 Å². The molecule has 1 N–H and O–H groups in total. The third-order valence-corrected chi connectivity index (χ3v) is 5.80. The Bertz CT molecular complexity index is 1010. The van der Waals surface area contributed by atoms with Gasteiger partial charge in [0.2, 0.25) is 11.7 Å². The van der Waals surface area contributed by atoms with Crippen LogP contribution in [-0.4, -0.2) is 39.2 Å². The average molecular weight is 405 g/mol. The molecule has 0 aliphatic carbocycles. The molecule has 1 aliphatic rings. The number of benzene rings is 2. The molecule has 0 radical (unpaired) electrons. The number of aliphatic carboxylic acids is 1. The van der Waals surface area contributed by atoms with Gasteiger partial charge in [-0.05, 0) is 30.4 Å². The van der Waals surface area contributed by atoms with E-state index in [1.165, 1.54) is 11.1 Å². The summed E-state index contributed by atoms with van der Waals surface area (Å²) in [4.78, 5) is 17.6. The molecule has 4 rings (SSSR count). The normalized spacial score (nSPS) is 15.7. The first kappa shape index (κ1) is 20.3. The average Bonchev–Trinajstić information content (AvgIpc) is 3.18. The number of nitrogens with zero attached hydrogens (tertiary/aromatic N) is 3. The number of carboxylic acids is 1. The topological polar surface area (TPSA) is 79.5 Å². The van der Waals surface area contributed by atoms with Crippen LogP contribution in [0.4, 0.5) is 0 Å². The highest BCUT2D eigenvalue weighted by Gasteiger charge is 2.32. The second-order valence-electron chi connectivity index (χ2n) is 8.29. The van der Waals surface area contributed by atoms with Crippen LogP contribution in [0.15, 0.2) is 53.1 Å². The van der Waals surface area contributed by atoms with Crippen molar-refractivity contribution in [2.45, 2.75) is 39.2 Å². The van der Waals surface area contributed by atoms with Gasteiger partial charge < -0.3 is 9.63 Å². The summed E-state index contributed by atoms with van der Waals surface area (Å²) >= 11 is 0. The summed E-state index contributed by atoms with van der Waals surface area (Å²) in [6, 6.07) is 16.7. The van der Waals surface area contributed by atoms with E-state index in [0.717, 1.165) is 30.5 Å². The fraction of sp³-hybridized carbons (Fsp3) is 0.375. The number of aryl methyl sites for hydroxylation is 2. The minimum absolute atomic E-state index is 0.226. The molecule has 0 spiro atoms. The van der Waals surface area contributed by atoms with Gasteiger partial charge in [-0.3, -0.25) is 9.69 Å². The monoisotopic (exact) mass is 405 g/mol. The van der Waals surface area contributed by atoms with Crippen molar-refractivity contribution in [3.8, 4) is 11.4 Å². The highest BCUT2D eigenvalue weighted by atomic mass is 16.5. The Hall–Kier alpha value is -2.99. The van der Waals surface area contributed by atoms with Crippen LogP contribution in [0.5, 0.6) is 0 Å². The Labute approximate surface area is 176 Å². The van der Waals surface area contributed by atoms with E-state index in [0.29, 0.717) is 30.7 Å². The van der Waals surface area contributed by atoms with E-state index in [4.69, 9.17) is 9.63 Å². The molecule has 6 heteroatoms. The van der Waals surface area contributed by atoms with Gasteiger partial charge >= 0.3 is 5.97 Å². The molecule has 1 aliphatic heterocycles. The Morgan fingerprint density at radius 2 is 2.00 bits per heavy atom. The zero-order valence-corrected chi connectivity index (χ0v) is 17.4. The van der Waals surface area contributed by atoms with E-state index in [1.54, 1.807) is 0 Å². The maximum absolute atomic E-state index is 10.9. The molecular formula is C24H27N3O3. The Morgan fingerprint density at radius 1 is 1.23 bits per heavy atom. The van der Waals surface area contributed by atoms with Crippen LogP contribution in [0, 0.1) is 12.8 Å². The van der Waals surface area contributed by atoms with Gasteiger partial charge in [0.15, 0.2) is 0 Å². The largest absolute Gasteiger partial charge is 0.481 e. The molecule has 6 nitrogen and oxygen atoms in total.